The van der Waals surface area contributed by atoms with Gasteiger partial charge in [-0.15, -0.1) is 0 Å². The molecule has 2 atom stereocenters. The van der Waals surface area contributed by atoms with E-state index in [1.807, 2.05) is 12.1 Å². The molecule has 1 fully saturated rings. The molecule has 3 rings (SSSR count). The van der Waals surface area contributed by atoms with Crippen molar-refractivity contribution in [1.29, 1.82) is 0 Å². The fraction of sp³-hybridized carbons (Fsp3) is 0.353. The van der Waals surface area contributed by atoms with Gasteiger partial charge < -0.3 is 20.3 Å². The second-order valence-electron chi connectivity index (χ2n) is 6.17. The normalized spacial score (nSPS) is 19.7. The van der Waals surface area contributed by atoms with Gasteiger partial charge in [0.15, 0.2) is 6.23 Å². The maximum Gasteiger partial charge on any atom is 0.415 e. The minimum atomic E-state index is -1.23. The number of nitrogens with zero attached hydrogens (tertiary/aromatic N) is 3. The number of benzene rings is 1. The van der Waals surface area contributed by atoms with Crippen molar-refractivity contribution in [3.8, 4) is 0 Å². The third-order valence-electron chi connectivity index (χ3n) is 4.07. The maximum atomic E-state index is 11.9. The van der Waals surface area contributed by atoms with Gasteiger partial charge in [0.2, 0.25) is 0 Å². The molecule has 2 unspecified atom stereocenters. The third-order valence-corrected chi connectivity index (χ3v) is 4.07. The van der Waals surface area contributed by atoms with Gasteiger partial charge in [0.25, 0.3) is 6.41 Å². The van der Waals surface area contributed by atoms with Crippen molar-refractivity contribution in [2.45, 2.75) is 32.4 Å². The molecule has 0 radical (unpaired) electrons. The van der Waals surface area contributed by atoms with Gasteiger partial charge in [-0.1, -0.05) is 26.0 Å². The quantitative estimate of drug-likeness (QED) is 0.855. The molecule has 0 saturated carbocycles. The summed E-state index contributed by atoms with van der Waals surface area (Å²) < 4.78 is 12.3. The van der Waals surface area contributed by atoms with Crippen LogP contribution in [0, 0.1) is 0 Å². The smallest absolute Gasteiger partial charge is 0.415 e. The molecule has 1 amide bonds. The number of carboxylic acid groups (broad SMARTS) is 1. The molecule has 0 spiro atoms. The van der Waals surface area contributed by atoms with Crippen LogP contribution in [0.4, 0.5) is 16.3 Å². The molecule has 1 saturated heterocycles. The minimum absolute atomic E-state index is 0.00400. The molecule has 1 aromatic carbocycles. The van der Waals surface area contributed by atoms with E-state index >= 15 is 0 Å². The Kier molecular flexibility index (Phi) is 4.92. The first kappa shape index (κ1) is 17.9. The first-order valence-electron chi connectivity index (χ1n) is 8.10. The lowest BCUT2D eigenvalue weighted by molar-refractivity contribution is -0.0690. The Morgan fingerprint density at radius 2 is 2.04 bits per heavy atom. The number of rotatable bonds is 4. The number of carbonyl (C=O) groups is 1. The second-order valence-corrected chi connectivity index (χ2v) is 6.17. The van der Waals surface area contributed by atoms with Gasteiger partial charge in [-0.3, -0.25) is 4.57 Å². The van der Waals surface area contributed by atoms with Gasteiger partial charge >= 0.3 is 11.8 Å². The summed E-state index contributed by atoms with van der Waals surface area (Å²) >= 11 is 0. The van der Waals surface area contributed by atoms with Crippen molar-refractivity contribution in [3.05, 3.63) is 52.6 Å². The molecule has 138 valence electrons. The molecule has 0 bridgehead atoms. The highest BCUT2D eigenvalue weighted by Gasteiger charge is 2.36. The summed E-state index contributed by atoms with van der Waals surface area (Å²) in [6.45, 7) is 4.11. The van der Waals surface area contributed by atoms with Crippen molar-refractivity contribution < 1.29 is 19.4 Å². The van der Waals surface area contributed by atoms with E-state index in [4.69, 9.17) is 15.2 Å². The number of ether oxygens (including phenoxy) is 2. The second kappa shape index (κ2) is 7.14. The molecule has 2 heterocycles. The topological polar surface area (TPSA) is 120 Å². The molecule has 0 aliphatic carbocycles. The van der Waals surface area contributed by atoms with Gasteiger partial charge in [-0.05, 0) is 29.7 Å². The Labute approximate surface area is 149 Å². The SMILES string of the molecule is CC(C)c1ccc(N(C(=O)O)C2OCC(n3ccc(N)nc3=O)O2)cc1. The maximum absolute atomic E-state index is 11.9. The van der Waals surface area contributed by atoms with E-state index in [9.17, 15) is 14.7 Å². The Balaban J connectivity index is 1.81. The van der Waals surface area contributed by atoms with Crippen LogP contribution in [0.1, 0.15) is 31.6 Å². The lowest BCUT2D eigenvalue weighted by atomic mass is 10.0. The Morgan fingerprint density at radius 3 is 2.62 bits per heavy atom. The first-order chi connectivity index (χ1) is 12.4. The minimum Gasteiger partial charge on any atom is -0.465 e. The van der Waals surface area contributed by atoms with Crippen LogP contribution in [-0.2, 0) is 9.47 Å². The van der Waals surface area contributed by atoms with E-state index < -0.39 is 24.4 Å². The summed E-state index contributed by atoms with van der Waals surface area (Å²) in [5.41, 5.74) is 6.37. The highest BCUT2D eigenvalue weighted by atomic mass is 16.8. The zero-order chi connectivity index (χ0) is 18.8. The van der Waals surface area contributed by atoms with Crippen molar-refractivity contribution in [1.82, 2.24) is 9.55 Å². The number of hydrogen-bond donors (Lipinski definition) is 2. The van der Waals surface area contributed by atoms with Crippen LogP contribution in [0.3, 0.4) is 0 Å². The Hall–Kier alpha value is -2.91. The molecule has 2 aromatic rings. The first-order valence-corrected chi connectivity index (χ1v) is 8.10. The van der Waals surface area contributed by atoms with E-state index in [0.29, 0.717) is 11.6 Å². The summed E-state index contributed by atoms with van der Waals surface area (Å²) in [5.74, 6) is 0.426. The van der Waals surface area contributed by atoms with E-state index in [-0.39, 0.29) is 12.4 Å². The largest absolute Gasteiger partial charge is 0.465 e. The molecule has 26 heavy (non-hydrogen) atoms. The van der Waals surface area contributed by atoms with E-state index in [1.54, 1.807) is 12.1 Å². The number of hydrogen-bond acceptors (Lipinski definition) is 6. The van der Waals surface area contributed by atoms with Crippen LogP contribution < -0.4 is 16.3 Å². The fourth-order valence-electron chi connectivity index (χ4n) is 2.65. The molecule has 1 aliphatic rings. The average Bonchev–Trinajstić information content (AvgIpc) is 3.04. The van der Waals surface area contributed by atoms with Crippen molar-refractivity contribution in [2.24, 2.45) is 0 Å². The highest BCUT2D eigenvalue weighted by molar-refractivity contribution is 5.86. The summed E-state index contributed by atoms with van der Waals surface area (Å²) in [6, 6.07) is 8.56. The van der Waals surface area contributed by atoms with Gasteiger partial charge in [-0.2, -0.15) is 4.98 Å². The van der Waals surface area contributed by atoms with Gasteiger partial charge in [0, 0.05) is 6.20 Å². The van der Waals surface area contributed by atoms with Crippen LogP contribution in [0.2, 0.25) is 0 Å². The Bertz CT molecular complexity index is 849. The molecule has 1 aliphatic heterocycles. The molecule has 3 N–H and O–H groups in total. The standard InChI is InChI=1S/C17H20N4O5/c1-10(2)11-3-5-12(6-4-11)21(16(23)24)17-25-9-14(26-17)20-8-7-13(18)19-15(20)22/h3-8,10,14,17H,9H2,1-2H3,(H,23,24)(H2,18,19,22). The van der Waals surface area contributed by atoms with Crippen LogP contribution in [0.25, 0.3) is 0 Å². The fourth-order valence-corrected chi connectivity index (χ4v) is 2.65. The average molecular weight is 360 g/mol. The summed E-state index contributed by atoms with van der Waals surface area (Å²) in [4.78, 5) is 28.2. The molecule has 1 aromatic heterocycles. The molecular weight excluding hydrogens is 340 g/mol. The number of nitrogen functional groups attached to an aromatic ring is 1. The number of amides is 1. The molecule has 9 nitrogen and oxygen atoms in total. The van der Waals surface area contributed by atoms with Crippen molar-refractivity contribution >= 4 is 17.6 Å². The third kappa shape index (κ3) is 3.53. The van der Waals surface area contributed by atoms with Crippen LogP contribution >= 0.6 is 0 Å². The number of anilines is 2. The van der Waals surface area contributed by atoms with E-state index in [0.717, 1.165) is 10.5 Å². The molecule has 9 heteroatoms. The summed E-state index contributed by atoms with van der Waals surface area (Å²) in [7, 11) is 0. The summed E-state index contributed by atoms with van der Waals surface area (Å²) in [5, 5.41) is 9.58. The van der Waals surface area contributed by atoms with Gasteiger partial charge in [0.1, 0.15) is 5.82 Å². The zero-order valence-electron chi connectivity index (χ0n) is 14.4. The van der Waals surface area contributed by atoms with Crippen LogP contribution in [-0.4, -0.2) is 33.8 Å². The van der Waals surface area contributed by atoms with Gasteiger partial charge in [-0.25, -0.2) is 14.5 Å². The van der Waals surface area contributed by atoms with Crippen LogP contribution in [0.5, 0.6) is 0 Å². The lowest BCUT2D eigenvalue weighted by Gasteiger charge is -2.25. The van der Waals surface area contributed by atoms with Crippen molar-refractivity contribution in [2.75, 3.05) is 17.2 Å². The monoisotopic (exact) mass is 360 g/mol. The number of aromatic nitrogens is 2. The van der Waals surface area contributed by atoms with Crippen molar-refractivity contribution in [3.63, 3.8) is 0 Å². The Morgan fingerprint density at radius 1 is 1.35 bits per heavy atom. The van der Waals surface area contributed by atoms with E-state index in [2.05, 4.69) is 18.8 Å². The molecular formula is C17H20N4O5. The predicted octanol–water partition coefficient (Wildman–Crippen LogP) is 1.96. The van der Waals surface area contributed by atoms with Gasteiger partial charge in [0.05, 0.1) is 12.3 Å². The van der Waals surface area contributed by atoms with Crippen LogP contribution in [0.15, 0.2) is 41.3 Å². The zero-order valence-corrected chi connectivity index (χ0v) is 14.4. The highest BCUT2D eigenvalue weighted by Crippen LogP contribution is 2.28. The lowest BCUT2D eigenvalue weighted by Crippen LogP contribution is -2.40. The van der Waals surface area contributed by atoms with E-state index in [1.165, 1.54) is 16.8 Å². The predicted molar refractivity (Wildman–Crippen MR) is 93.8 cm³/mol. The number of nitrogens with two attached hydrogens (primary N) is 1. The summed E-state index contributed by atoms with van der Waals surface area (Å²) in [6.07, 6.45) is -1.76.